The van der Waals surface area contributed by atoms with E-state index in [1.807, 2.05) is 0 Å². The fraction of sp³-hybridized carbons (Fsp3) is 0.444. The van der Waals surface area contributed by atoms with Crippen LogP contribution in [0.15, 0.2) is 0 Å². The first-order valence-electron chi connectivity index (χ1n) is 16.0. The molecule has 0 aromatic carbocycles. The van der Waals surface area contributed by atoms with Crippen molar-refractivity contribution in [3.63, 3.8) is 0 Å². The van der Waals surface area contributed by atoms with E-state index < -0.39 is 138 Å². The van der Waals surface area contributed by atoms with Gasteiger partial charge in [0.25, 0.3) is 23.1 Å². The van der Waals surface area contributed by atoms with Crippen LogP contribution in [0.3, 0.4) is 0 Å². The molecule has 0 bridgehead atoms. The van der Waals surface area contributed by atoms with Crippen molar-refractivity contribution in [2.45, 2.75) is 83.1 Å². The third-order valence-electron chi connectivity index (χ3n) is 8.48. The molecule has 0 aromatic heterocycles. The number of aliphatic carboxylic acids is 4. The second kappa shape index (κ2) is 24.4. The smallest absolute Gasteiger partial charge is 0.374 e. The number of carbonyl (C=O) groups is 20. The molecule has 0 aliphatic carbocycles. The van der Waals surface area contributed by atoms with Crippen LogP contribution in [-0.4, -0.2) is 137 Å². The molecule has 0 unspecified atom stereocenters. The van der Waals surface area contributed by atoms with Gasteiger partial charge in [-0.15, -0.1) is 0 Å². The number of hydrogen-bond acceptors (Lipinski definition) is 20. The first kappa shape index (κ1) is 63.5. The molecule has 0 radical (unpaired) electrons. The average Bonchev–Trinajstić information content (AvgIpc) is 3.04. The molecule has 0 fully saturated rings. The molecule has 0 saturated heterocycles. The van der Waals surface area contributed by atoms with Gasteiger partial charge < -0.3 is 20.4 Å². The first-order valence-corrected chi connectivity index (χ1v) is 16.0. The molecular weight excluding hydrogens is 864 g/mol. The van der Waals surface area contributed by atoms with Crippen LogP contribution in [0.5, 0.6) is 0 Å². The minimum absolute atomic E-state index is 0. The van der Waals surface area contributed by atoms with Crippen molar-refractivity contribution < 1.29 is 138 Å². The maximum absolute atomic E-state index is 11.2. The number of carboxylic acids is 4. The van der Waals surface area contributed by atoms with Crippen LogP contribution in [0.4, 0.5) is 0 Å². The third kappa shape index (κ3) is 12.7. The zero-order chi connectivity index (χ0) is 49.5. The Bertz CT molecular complexity index is 1610. The van der Waals surface area contributed by atoms with Crippen molar-refractivity contribution in [1.29, 1.82) is 0 Å². The standard InChI is InChI=1S/4C9H10O6.Ti/c4*1-4(10)9(5(2)11,6(3)12)7(13)8(14)15;/h4*1-3H3,(H,14,15);. The largest absolute Gasteiger partial charge is 0.475 e. The summed E-state index contributed by atoms with van der Waals surface area (Å²) >= 11 is 0. The number of carboxylic acid groups (broad SMARTS) is 4. The quantitative estimate of drug-likeness (QED) is 0.0560. The summed E-state index contributed by atoms with van der Waals surface area (Å²) in [4.78, 5) is 221. The number of rotatable bonds is 20. The van der Waals surface area contributed by atoms with E-state index >= 15 is 0 Å². The van der Waals surface area contributed by atoms with Gasteiger partial charge in [0.15, 0.2) is 69.4 Å². The molecule has 25 heteroatoms. The Hall–Kier alpha value is -6.69. The zero-order valence-electron chi connectivity index (χ0n) is 34.5. The maximum atomic E-state index is 11.2. The second-order valence-corrected chi connectivity index (χ2v) is 12.2. The predicted molar refractivity (Wildman–Crippen MR) is 188 cm³/mol. The molecule has 0 aromatic rings. The van der Waals surface area contributed by atoms with E-state index in [1.165, 1.54) is 0 Å². The summed E-state index contributed by atoms with van der Waals surface area (Å²) in [6.45, 7) is 10.0. The summed E-state index contributed by atoms with van der Waals surface area (Å²) in [6, 6.07) is 0. The van der Waals surface area contributed by atoms with Crippen LogP contribution >= 0.6 is 0 Å². The van der Waals surface area contributed by atoms with E-state index in [4.69, 9.17) is 20.4 Å². The van der Waals surface area contributed by atoms with Gasteiger partial charge in [-0.25, -0.2) is 19.2 Å². The van der Waals surface area contributed by atoms with Gasteiger partial charge in [-0.1, -0.05) is 0 Å². The monoisotopic (exact) mass is 904 g/mol. The number of ketones is 16. The Kier molecular flexibility index (Phi) is 25.4. The fourth-order valence-corrected chi connectivity index (χ4v) is 5.53. The summed E-state index contributed by atoms with van der Waals surface area (Å²) in [5, 5.41) is 33.8. The predicted octanol–water partition coefficient (Wildman–Crippen LogP) is -2.43. The van der Waals surface area contributed by atoms with E-state index in [0.29, 0.717) is 0 Å². The summed E-state index contributed by atoms with van der Waals surface area (Å²) in [5.41, 5.74) is -10.7. The Labute approximate surface area is 358 Å². The van der Waals surface area contributed by atoms with Gasteiger partial charge in [0.2, 0.25) is 21.7 Å². The van der Waals surface area contributed by atoms with Crippen molar-refractivity contribution in [3.05, 3.63) is 0 Å². The van der Waals surface area contributed by atoms with E-state index in [0.717, 1.165) is 83.1 Å². The summed E-state index contributed by atoms with van der Waals surface area (Å²) in [7, 11) is 0. The summed E-state index contributed by atoms with van der Waals surface area (Å²) < 4.78 is 0. The van der Waals surface area contributed by atoms with Crippen molar-refractivity contribution in [2.24, 2.45) is 21.7 Å². The van der Waals surface area contributed by atoms with Crippen molar-refractivity contribution in [3.8, 4) is 0 Å². The molecule has 0 aliphatic heterocycles. The van der Waals surface area contributed by atoms with E-state index in [1.54, 1.807) is 0 Å². The molecule has 24 nitrogen and oxygen atoms in total. The molecule has 4 N–H and O–H groups in total. The summed E-state index contributed by atoms with van der Waals surface area (Å²) in [5.74, 6) is -27.6. The molecular formula is C36H40O24Ti. The van der Waals surface area contributed by atoms with Gasteiger partial charge in [-0.3, -0.25) is 76.7 Å². The maximum Gasteiger partial charge on any atom is 0.374 e. The molecule has 0 rings (SSSR count). The van der Waals surface area contributed by atoms with Crippen molar-refractivity contribution in [2.75, 3.05) is 0 Å². The third-order valence-corrected chi connectivity index (χ3v) is 8.48. The van der Waals surface area contributed by atoms with Gasteiger partial charge in [0, 0.05) is 21.7 Å². The molecule has 0 aliphatic rings. The minimum Gasteiger partial charge on any atom is -0.475 e. The van der Waals surface area contributed by atoms with Crippen LogP contribution in [-0.2, 0) is 118 Å². The molecule has 61 heavy (non-hydrogen) atoms. The summed E-state index contributed by atoms with van der Waals surface area (Å²) in [6.07, 6.45) is 0. The van der Waals surface area contributed by atoms with Gasteiger partial charge in [0.1, 0.15) is 0 Å². The Balaban J connectivity index is -0.000000227. The topological polar surface area (TPSA) is 422 Å². The zero-order valence-corrected chi connectivity index (χ0v) is 36.0. The molecule has 0 heterocycles. The normalized spacial score (nSPS) is 10.4. The molecule has 0 atom stereocenters. The van der Waals surface area contributed by atoms with Crippen LogP contribution in [0.2, 0.25) is 0 Å². The van der Waals surface area contributed by atoms with E-state index in [9.17, 15) is 95.9 Å². The van der Waals surface area contributed by atoms with Crippen molar-refractivity contribution in [1.82, 2.24) is 0 Å². The molecule has 332 valence electrons. The first-order chi connectivity index (χ1) is 26.7. The fourth-order valence-electron chi connectivity index (χ4n) is 5.53. The SMILES string of the molecule is CC(=O)C(C(C)=O)(C(C)=O)C(=O)C(=O)O.CC(=O)C(C(C)=O)(C(C)=O)C(=O)C(=O)O.CC(=O)C(C(C)=O)(C(C)=O)C(=O)C(=O)O.CC(=O)C(C(C)=O)(C(C)=O)C(=O)C(=O)O.[Ti]. The molecule has 0 amide bonds. The molecule has 0 spiro atoms. The second-order valence-electron chi connectivity index (χ2n) is 12.2. The van der Waals surface area contributed by atoms with Crippen LogP contribution in [0.1, 0.15) is 83.1 Å². The number of Topliss-reactive ketones (excluding diaryl/α,β-unsaturated/α-hetero) is 16. The van der Waals surface area contributed by atoms with Crippen LogP contribution in [0, 0.1) is 21.7 Å². The Morgan fingerprint density at radius 2 is 0.279 bits per heavy atom. The van der Waals surface area contributed by atoms with Gasteiger partial charge in [0.05, 0.1) is 0 Å². The van der Waals surface area contributed by atoms with Crippen LogP contribution in [0.25, 0.3) is 0 Å². The van der Waals surface area contributed by atoms with Gasteiger partial charge in [-0.2, -0.15) is 0 Å². The van der Waals surface area contributed by atoms with Gasteiger partial charge >= 0.3 is 23.9 Å². The van der Waals surface area contributed by atoms with Gasteiger partial charge in [-0.05, 0) is 83.1 Å². The van der Waals surface area contributed by atoms with E-state index in [2.05, 4.69) is 0 Å². The minimum atomic E-state index is -2.67. The van der Waals surface area contributed by atoms with Crippen molar-refractivity contribution >= 4 is 116 Å². The van der Waals surface area contributed by atoms with Crippen LogP contribution < -0.4 is 0 Å². The average molecular weight is 905 g/mol. The number of carbonyl (C=O) groups excluding carboxylic acids is 16. The number of hydrogen-bond donors (Lipinski definition) is 4. The Morgan fingerprint density at radius 3 is 0.295 bits per heavy atom. The molecule has 0 saturated carbocycles. The van der Waals surface area contributed by atoms with E-state index in [-0.39, 0.29) is 21.7 Å². The Morgan fingerprint density at radius 1 is 0.213 bits per heavy atom.